The summed E-state index contributed by atoms with van der Waals surface area (Å²) in [4.78, 5) is 0. The van der Waals surface area contributed by atoms with Crippen LogP contribution in [-0.2, 0) is 11.8 Å². The van der Waals surface area contributed by atoms with Crippen LogP contribution in [0.15, 0.2) is 48.5 Å². The topological polar surface area (TPSA) is 20.2 Å². The standard InChI is InChI=1S/C18H18F2O/c19-15-7-8-16(20)13(11-15)12-17(21)18(9-4-10-18)14-5-2-1-3-6-14/h1-3,5-8,11,17,21H,4,9-10,12H2. The van der Waals surface area contributed by atoms with Crippen molar-refractivity contribution in [2.45, 2.75) is 37.2 Å². The number of benzene rings is 2. The maximum absolute atomic E-state index is 13.8. The maximum atomic E-state index is 13.8. The van der Waals surface area contributed by atoms with Gasteiger partial charge in [-0.1, -0.05) is 36.8 Å². The lowest BCUT2D eigenvalue weighted by molar-refractivity contribution is 0.0280. The number of hydrogen-bond acceptors (Lipinski definition) is 1. The number of aliphatic hydroxyl groups is 1. The largest absolute Gasteiger partial charge is 0.392 e. The third kappa shape index (κ3) is 2.58. The van der Waals surface area contributed by atoms with E-state index in [4.69, 9.17) is 0 Å². The lowest BCUT2D eigenvalue weighted by Gasteiger charge is -2.46. The first kappa shape index (κ1) is 14.2. The molecule has 0 heterocycles. The molecule has 3 heteroatoms. The normalized spacial score (nSPS) is 18.0. The zero-order chi connectivity index (χ0) is 14.9. The van der Waals surface area contributed by atoms with E-state index in [1.54, 1.807) is 0 Å². The second-order valence-electron chi connectivity index (χ2n) is 5.83. The molecule has 0 bridgehead atoms. The summed E-state index contributed by atoms with van der Waals surface area (Å²) in [7, 11) is 0. The zero-order valence-corrected chi connectivity index (χ0v) is 11.7. The third-order valence-corrected chi connectivity index (χ3v) is 4.65. The van der Waals surface area contributed by atoms with Crippen molar-refractivity contribution in [3.8, 4) is 0 Å². The van der Waals surface area contributed by atoms with Gasteiger partial charge in [-0.3, -0.25) is 0 Å². The Labute approximate surface area is 123 Å². The number of hydrogen-bond donors (Lipinski definition) is 1. The van der Waals surface area contributed by atoms with Gasteiger partial charge in [0.05, 0.1) is 6.10 Å². The van der Waals surface area contributed by atoms with E-state index >= 15 is 0 Å². The van der Waals surface area contributed by atoms with Gasteiger partial charge >= 0.3 is 0 Å². The van der Waals surface area contributed by atoms with Crippen LogP contribution >= 0.6 is 0 Å². The number of rotatable bonds is 4. The van der Waals surface area contributed by atoms with E-state index in [0.717, 1.165) is 37.0 Å². The van der Waals surface area contributed by atoms with Crippen molar-refractivity contribution in [2.75, 3.05) is 0 Å². The molecule has 1 aliphatic carbocycles. The van der Waals surface area contributed by atoms with Crippen LogP contribution in [-0.4, -0.2) is 11.2 Å². The molecule has 0 aromatic heterocycles. The minimum absolute atomic E-state index is 0.137. The Morgan fingerprint density at radius 3 is 2.38 bits per heavy atom. The molecule has 1 nitrogen and oxygen atoms in total. The van der Waals surface area contributed by atoms with Gasteiger partial charge in [0, 0.05) is 11.8 Å². The highest BCUT2D eigenvalue weighted by Gasteiger charge is 2.44. The van der Waals surface area contributed by atoms with Gasteiger partial charge in [0.1, 0.15) is 11.6 Å². The molecule has 0 spiro atoms. The molecule has 1 aliphatic rings. The van der Waals surface area contributed by atoms with Gasteiger partial charge in [0.15, 0.2) is 0 Å². The molecular formula is C18H18F2O. The Balaban J connectivity index is 1.87. The first-order valence-electron chi connectivity index (χ1n) is 7.29. The molecular weight excluding hydrogens is 270 g/mol. The van der Waals surface area contributed by atoms with E-state index in [-0.39, 0.29) is 17.4 Å². The highest BCUT2D eigenvalue weighted by atomic mass is 19.1. The van der Waals surface area contributed by atoms with Gasteiger partial charge in [-0.15, -0.1) is 0 Å². The summed E-state index contributed by atoms with van der Waals surface area (Å²) >= 11 is 0. The van der Waals surface area contributed by atoms with Gasteiger partial charge < -0.3 is 5.11 Å². The Hall–Kier alpha value is -1.74. The fourth-order valence-electron chi connectivity index (χ4n) is 3.25. The molecule has 1 saturated carbocycles. The molecule has 1 unspecified atom stereocenters. The van der Waals surface area contributed by atoms with E-state index < -0.39 is 17.7 Å². The molecule has 0 aliphatic heterocycles. The Morgan fingerprint density at radius 2 is 1.76 bits per heavy atom. The molecule has 1 N–H and O–H groups in total. The summed E-state index contributed by atoms with van der Waals surface area (Å²) in [5.74, 6) is -0.932. The van der Waals surface area contributed by atoms with Gasteiger partial charge in [0.2, 0.25) is 0 Å². The summed E-state index contributed by atoms with van der Waals surface area (Å²) in [6, 6.07) is 13.2. The molecule has 21 heavy (non-hydrogen) atoms. The third-order valence-electron chi connectivity index (χ3n) is 4.65. The first-order chi connectivity index (χ1) is 10.1. The van der Waals surface area contributed by atoms with Crippen LogP contribution in [0, 0.1) is 11.6 Å². The van der Waals surface area contributed by atoms with E-state index in [2.05, 4.69) is 0 Å². The Morgan fingerprint density at radius 1 is 1.05 bits per heavy atom. The maximum Gasteiger partial charge on any atom is 0.126 e. The first-order valence-corrected chi connectivity index (χ1v) is 7.29. The van der Waals surface area contributed by atoms with E-state index in [0.29, 0.717) is 0 Å². The van der Waals surface area contributed by atoms with Crippen LogP contribution in [0.25, 0.3) is 0 Å². The average Bonchev–Trinajstić information content (AvgIpc) is 2.43. The Kier molecular flexibility index (Phi) is 3.77. The van der Waals surface area contributed by atoms with Crippen LogP contribution < -0.4 is 0 Å². The van der Waals surface area contributed by atoms with Crippen molar-refractivity contribution in [3.63, 3.8) is 0 Å². The highest BCUT2D eigenvalue weighted by Crippen LogP contribution is 2.47. The van der Waals surface area contributed by atoms with Crippen LogP contribution in [0.4, 0.5) is 8.78 Å². The summed E-state index contributed by atoms with van der Waals surface area (Å²) in [6.07, 6.45) is 2.25. The fourth-order valence-corrected chi connectivity index (χ4v) is 3.25. The van der Waals surface area contributed by atoms with Crippen LogP contribution in [0.2, 0.25) is 0 Å². The van der Waals surface area contributed by atoms with Gasteiger partial charge in [-0.2, -0.15) is 0 Å². The molecule has 0 amide bonds. The average molecular weight is 288 g/mol. The molecule has 2 aromatic rings. The van der Waals surface area contributed by atoms with Crippen molar-refractivity contribution in [3.05, 3.63) is 71.3 Å². The van der Waals surface area contributed by atoms with E-state index in [1.165, 1.54) is 6.07 Å². The van der Waals surface area contributed by atoms with Crippen molar-refractivity contribution >= 4 is 0 Å². The molecule has 0 saturated heterocycles. The second-order valence-corrected chi connectivity index (χ2v) is 5.83. The van der Waals surface area contributed by atoms with E-state index in [9.17, 15) is 13.9 Å². The zero-order valence-electron chi connectivity index (χ0n) is 11.7. The van der Waals surface area contributed by atoms with Gasteiger partial charge in [-0.25, -0.2) is 8.78 Å². The summed E-state index contributed by atoms with van der Waals surface area (Å²) < 4.78 is 27.0. The minimum Gasteiger partial charge on any atom is -0.392 e. The van der Waals surface area contributed by atoms with Crippen molar-refractivity contribution in [1.29, 1.82) is 0 Å². The second kappa shape index (κ2) is 5.57. The number of aliphatic hydroxyl groups excluding tert-OH is 1. The SMILES string of the molecule is OC(Cc1cc(F)ccc1F)C1(c2ccccc2)CCC1. The van der Waals surface area contributed by atoms with E-state index in [1.807, 2.05) is 30.3 Å². The van der Waals surface area contributed by atoms with Crippen molar-refractivity contribution in [2.24, 2.45) is 0 Å². The molecule has 110 valence electrons. The summed E-state index contributed by atoms with van der Waals surface area (Å²) in [5.41, 5.74) is 1.00. The predicted molar refractivity (Wildman–Crippen MR) is 78.0 cm³/mol. The molecule has 1 atom stereocenters. The van der Waals surface area contributed by atoms with Gasteiger partial charge in [0.25, 0.3) is 0 Å². The molecule has 3 rings (SSSR count). The van der Waals surface area contributed by atoms with Crippen molar-refractivity contribution in [1.82, 2.24) is 0 Å². The molecule has 2 aromatic carbocycles. The molecule has 0 radical (unpaired) electrons. The fraction of sp³-hybridized carbons (Fsp3) is 0.333. The summed E-state index contributed by atoms with van der Waals surface area (Å²) in [5, 5.41) is 10.7. The smallest absolute Gasteiger partial charge is 0.126 e. The van der Waals surface area contributed by atoms with Crippen LogP contribution in [0.1, 0.15) is 30.4 Å². The summed E-state index contributed by atoms with van der Waals surface area (Å²) in [6.45, 7) is 0. The quantitative estimate of drug-likeness (QED) is 0.902. The molecule has 1 fully saturated rings. The van der Waals surface area contributed by atoms with Crippen molar-refractivity contribution < 1.29 is 13.9 Å². The van der Waals surface area contributed by atoms with Gasteiger partial charge in [-0.05, 0) is 42.2 Å². The monoisotopic (exact) mass is 288 g/mol. The predicted octanol–water partition coefficient (Wildman–Crippen LogP) is 3.99. The Bertz CT molecular complexity index is 620. The number of halogens is 2. The van der Waals surface area contributed by atoms with Crippen LogP contribution in [0.5, 0.6) is 0 Å². The lowest BCUT2D eigenvalue weighted by Crippen LogP contribution is -2.46. The lowest BCUT2D eigenvalue weighted by atomic mass is 9.60. The highest BCUT2D eigenvalue weighted by molar-refractivity contribution is 5.31. The van der Waals surface area contributed by atoms with Crippen LogP contribution in [0.3, 0.4) is 0 Å². The minimum atomic E-state index is -0.704.